The minimum atomic E-state index is -0.981. The van der Waals surface area contributed by atoms with Gasteiger partial charge >= 0.3 is 70.3 Å². The van der Waals surface area contributed by atoms with Gasteiger partial charge in [0.2, 0.25) is 0 Å². The molecule has 2 aliphatic rings. The molecule has 0 amide bonds. The summed E-state index contributed by atoms with van der Waals surface area (Å²) in [4.78, 5) is 0. The van der Waals surface area contributed by atoms with Crippen molar-refractivity contribution < 1.29 is 49.0 Å². The van der Waals surface area contributed by atoms with Crippen molar-refractivity contribution in [2.45, 2.75) is 91.3 Å². The molecule has 0 spiro atoms. The van der Waals surface area contributed by atoms with E-state index in [0.29, 0.717) is 0 Å². The zero-order chi connectivity index (χ0) is 28.8. The summed E-state index contributed by atoms with van der Waals surface area (Å²) in [5.74, 6) is 0. The molecule has 41 heavy (non-hydrogen) atoms. The number of fused-ring (bicyclic) bond motifs is 3. The molecule has 0 saturated carbocycles. The first kappa shape index (κ1) is 37.7. The van der Waals surface area contributed by atoms with Gasteiger partial charge in [-0.15, -0.1) is 12.0 Å². The first-order valence-electron chi connectivity index (χ1n) is 14.2. The maximum absolute atomic E-state index is 3.53. The molecule has 0 bridgehead atoms. The van der Waals surface area contributed by atoms with Gasteiger partial charge in [-0.3, -0.25) is 6.08 Å². The van der Waals surface area contributed by atoms with Crippen molar-refractivity contribution in [2.75, 3.05) is 0 Å². The number of hydrogen-bond acceptors (Lipinski definition) is 0. The minimum absolute atomic E-state index is 0. The van der Waals surface area contributed by atoms with Crippen molar-refractivity contribution in [3.05, 3.63) is 118 Å². The number of halogens is 2. The third-order valence-electron chi connectivity index (χ3n) is 7.27. The van der Waals surface area contributed by atoms with Crippen molar-refractivity contribution >= 4 is 11.8 Å². The molecule has 0 aromatic heterocycles. The molecular formula is C37H46Cl2SiZr-2. The van der Waals surface area contributed by atoms with Crippen molar-refractivity contribution in [2.24, 2.45) is 0 Å². The summed E-state index contributed by atoms with van der Waals surface area (Å²) < 4.78 is 2.25. The van der Waals surface area contributed by atoms with Crippen molar-refractivity contribution in [1.29, 1.82) is 0 Å². The molecule has 0 N–H and O–H groups in total. The Morgan fingerprint density at radius 1 is 0.829 bits per heavy atom. The van der Waals surface area contributed by atoms with E-state index in [1.807, 2.05) is 6.07 Å². The van der Waals surface area contributed by atoms with Crippen LogP contribution >= 0.6 is 0 Å². The van der Waals surface area contributed by atoms with Gasteiger partial charge in [0, 0.05) is 0 Å². The fraction of sp³-hybridized carbons (Fsp3) is 0.378. The molecule has 4 heteroatoms. The summed E-state index contributed by atoms with van der Waals surface area (Å²) in [6.07, 6.45) is 10.8. The van der Waals surface area contributed by atoms with E-state index < -0.39 is 8.07 Å². The van der Waals surface area contributed by atoms with Crippen LogP contribution in [0.1, 0.15) is 75.8 Å². The number of hydrogen-bond donors (Lipinski definition) is 0. The van der Waals surface area contributed by atoms with Crippen LogP contribution < -0.4 is 24.8 Å². The van der Waals surface area contributed by atoms with Gasteiger partial charge in [-0.2, -0.15) is 35.4 Å². The molecule has 218 valence electrons. The molecule has 0 fully saturated rings. The fourth-order valence-corrected chi connectivity index (χ4v) is 6.46. The Labute approximate surface area is 279 Å². The summed E-state index contributed by atoms with van der Waals surface area (Å²) >= 11 is 1.51. The molecule has 0 nitrogen and oxygen atoms in total. The summed E-state index contributed by atoms with van der Waals surface area (Å²) in [7, 11) is -0.981. The van der Waals surface area contributed by atoms with Gasteiger partial charge in [-0.05, 0) is 25.5 Å². The molecule has 5 rings (SSSR count). The Hall–Kier alpha value is -1.31. The first-order valence-corrected chi connectivity index (χ1v) is 19.1. The zero-order valence-corrected chi connectivity index (χ0v) is 31.4. The van der Waals surface area contributed by atoms with Crippen LogP contribution in [0, 0.1) is 12.1 Å². The van der Waals surface area contributed by atoms with Crippen LogP contribution in [0.15, 0.2) is 78.0 Å². The third-order valence-corrected chi connectivity index (χ3v) is 9.85. The average Bonchev–Trinajstić information content (AvgIpc) is 3.52. The summed E-state index contributed by atoms with van der Waals surface area (Å²) in [5, 5.41) is 1.56. The third kappa shape index (κ3) is 11.0. The topological polar surface area (TPSA) is 0 Å². The molecule has 0 unspecified atom stereocenters. The van der Waals surface area contributed by atoms with E-state index in [-0.39, 0.29) is 35.6 Å². The predicted octanol–water partition coefficient (Wildman–Crippen LogP) is 3.79. The van der Waals surface area contributed by atoms with E-state index in [2.05, 4.69) is 144 Å². The maximum atomic E-state index is 3.53. The average molecular weight is 681 g/mol. The van der Waals surface area contributed by atoms with Crippen LogP contribution in [0.5, 0.6) is 0 Å². The molecule has 0 atom stereocenters. The van der Waals surface area contributed by atoms with E-state index in [1.54, 1.807) is 5.20 Å². The van der Waals surface area contributed by atoms with Crippen LogP contribution in [0.2, 0.25) is 19.6 Å². The van der Waals surface area contributed by atoms with Gasteiger partial charge in [0.25, 0.3) is 0 Å². The second-order valence-electron chi connectivity index (χ2n) is 13.7. The summed E-state index contributed by atoms with van der Waals surface area (Å²) in [5.41, 5.74) is 10.2. The monoisotopic (exact) mass is 678 g/mol. The quantitative estimate of drug-likeness (QED) is 0.229. The number of benzene rings is 3. The molecule has 0 aliphatic heterocycles. The second kappa shape index (κ2) is 16.0. The molecular weight excluding hydrogens is 635 g/mol. The van der Waals surface area contributed by atoms with Gasteiger partial charge < -0.3 is 24.8 Å². The van der Waals surface area contributed by atoms with Crippen LogP contribution in [0.25, 0.3) is 11.1 Å². The van der Waals surface area contributed by atoms with Crippen molar-refractivity contribution in [3.8, 4) is 11.1 Å². The Kier molecular flexibility index (Phi) is 14.7. The first-order chi connectivity index (χ1) is 18.2. The molecule has 2 aliphatic carbocycles. The van der Waals surface area contributed by atoms with Crippen LogP contribution in [0.4, 0.5) is 0 Å². The summed E-state index contributed by atoms with van der Waals surface area (Å²) in [6.45, 7) is 20.7. The molecule has 0 radical (unpaired) electrons. The van der Waals surface area contributed by atoms with E-state index in [4.69, 9.17) is 0 Å². The molecule has 3 aromatic carbocycles. The van der Waals surface area contributed by atoms with Gasteiger partial charge in [0.15, 0.2) is 0 Å². The zero-order valence-electron chi connectivity index (χ0n) is 26.4. The second-order valence-corrected chi connectivity index (χ2v) is 19.8. The Morgan fingerprint density at radius 3 is 1.93 bits per heavy atom. The Morgan fingerprint density at radius 2 is 1.44 bits per heavy atom. The molecule has 3 aromatic rings. The Bertz CT molecular complexity index is 1270. The summed E-state index contributed by atoms with van der Waals surface area (Å²) in [6, 6.07) is 25.6. The SMILES string of the molecule is CC(C)(C)c1c[c-]c2c(c1)-c1cc(C(C)(C)C)ccc1C2.C[Si](C)(C)C1=CC[C-]=C1.[Cl-].[Cl-].[Zr+2]=[CH]Cc1ccccc1. The van der Waals surface area contributed by atoms with E-state index in [1.165, 1.54) is 63.2 Å². The number of rotatable bonds is 3. The van der Waals surface area contributed by atoms with Crippen LogP contribution in [-0.2, 0) is 47.9 Å². The van der Waals surface area contributed by atoms with Gasteiger partial charge in [-0.25, -0.2) is 11.3 Å². The molecule has 0 saturated heterocycles. The van der Waals surface area contributed by atoms with E-state index >= 15 is 0 Å². The normalized spacial score (nSPS) is 13.2. The fourth-order valence-electron chi connectivity index (χ4n) is 4.64. The number of allylic oxidation sites excluding steroid dienone is 4. The van der Waals surface area contributed by atoms with E-state index in [9.17, 15) is 0 Å². The van der Waals surface area contributed by atoms with Gasteiger partial charge in [-0.1, -0.05) is 95.9 Å². The van der Waals surface area contributed by atoms with Gasteiger partial charge in [0.1, 0.15) is 0 Å². The van der Waals surface area contributed by atoms with Crippen LogP contribution in [0.3, 0.4) is 0 Å². The van der Waals surface area contributed by atoms with Gasteiger partial charge in [0.05, 0.1) is 0 Å². The van der Waals surface area contributed by atoms with Crippen molar-refractivity contribution in [3.63, 3.8) is 0 Å². The van der Waals surface area contributed by atoms with Crippen molar-refractivity contribution in [1.82, 2.24) is 0 Å². The predicted molar refractivity (Wildman–Crippen MR) is 171 cm³/mol. The van der Waals surface area contributed by atoms with E-state index in [0.717, 1.165) is 19.3 Å². The van der Waals surface area contributed by atoms with Crippen LogP contribution in [-0.4, -0.2) is 11.8 Å². The molecule has 0 heterocycles. The Balaban J connectivity index is 0.000000351. The standard InChI is InChI=1S/C21H25.C8H13Si.C8H8.2ClH.Zr/c1-20(2,3)16-9-7-14-11-15-8-10-17(21(4,5)6)13-19(15)18(14)12-16;1-9(2,3)8-6-4-5-7-8;1-2-8-6-4-3-5-7-8;;;/h7,9-10,12-13H,11H2,1-6H3;6-7H,4H2,1-3H3;1,3-7H,2H2;2*1H;/q2*-1;;;;+2/p-2.